The van der Waals surface area contributed by atoms with Gasteiger partial charge in [-0.3, -0.25) is 18.9 Å². The largest absolute Gasteiger partial charge is 2.00 e. The van der Waals surface area contributed by atoms with E-state index in [0.29, 0.717) is 11.1 Å². The zero-order valence-corrected chi connectivity index (χ0v) is 23.6. The predicted molar refractivity (Wildman–Crippen MR) is 135 cm³/mol. The molecular weight excluding hydrogens is 602 g/mol. The first-order valence-electron chi connectivity index (χ1n) is 11.3. The van der Waals surface area contributed by atoms with Gasteiger partial charge in [-0.05, 0) is 29.3 Å². The number of aliphatic hydroxyl groups is 4. The molecule has 0 spiro atoms. The number of aromatic hydroxyl groups is 2. The number of rotatable bonds is 15. The smallest absolute Gasteiger partial charge is 0.508 e. The Hall–Kier alpha value is -1.38. The van der Waals surface area contributed by atoms with Crippen LogP contribution in [0.2, 0.25) is 0 Å². The Bertz CT molecular complexity index is 1160. The number of benzene rings is 2. The van der Waals surface area contributed by atoms with Gasteiger partial charge in [-0.2, -0.15) is 0 Å². The summed E-state index contributed by atoms with van der Waals surface area (Å²) >= 11 is 0. The van der Waals surface area contributed by atoms with Gasteiger partial charge in [0.25, 0.3) is 0 Å². The number of nitrogens with zero attached hydrogens (tertiary/aromatic N) is 2. The Morgan fingerprint density at radius 3 is 1.49 bits per heavy atom. The van der Waals surface area contributed by atoms with Gasteiger partial charge >= 0.3 is 32.3 Å². The van der Waals surface area contributed by atoms with Crippen molar-refractivity contribution in [2.75, 3.05) is 25.8 Å². The molecule has 0 saturated heterocycles. The number of aliphatic hydroxyl groups excluding tert-OH is 4. The molecule has 2 rings (SSSR count). The normalized spacial score (nSPS) is 13.9. The number of phenols is 2. The third kappa shape index (κ3) is 11.2. The average molecular weight is 636 g/mol. The van der Waals surface area contributed by atoms with Crippen molar-refractivity contribution < 1.29 is 76.4 Å². The zero-order valence-electron chi connectivity index (χ0n) is 20.7. The number of hydrogen-bond acceptors (Lipinski definition) is 10. The quantitative estimate of drug-likeness (QED) is 0.0866. The maximum absolute atomic E-state index is 12.0. The third-order valence-electron chi connectivity index (χ3n) is 5.89. The maximum Gasteiger partial charge on any atom is 2.00 e. The van der Waals surface area contributed by atoms with Crippen LogP contribution in [0.15, 0.2) is 36.4 Å². The van der Waals surface area contributed by atoms with Crippen LogP contribution >= 0.6 is 15.2 Å². The molecule has 0 aliphatic heterocycles. The molecule has 0 saturated carbocycles. The Morgan fingerprint density at radius 1 is 0.641 bits per heavy atom. The summed E-state index contributed by atoms with van der Waals surface area (Å²) in [5.74, 6) is -0.571. The summed E-state index contributed by atoms with van der Waals surface area (Å²) in [5.41, 5.74) is 1.06. The molecule has 14 nitrogen and oxygen atoms in total. The second-order valence-corrected chi connectivity index (χ2v) is 12.1. The number of phenolic OH excluding ortho intramolecular Hbond substituents is 2. The summed E-state index contributed by atoms with van der Waals surface area (Å²) in [6, 6.07) is 5.57. The minimum atomic E-state index is -4.80. The van der Waals surface area contributed by atoms with E-state index >= 15 is 0 Å². The van der Waals surface area contributed by atoms with E-state index in [0.717, 1.165) is 9.80 Å². The summed E-state index contributed by atoms with van der Waals surface area (Å²) in [5, 5.41) is 59.9. The monoisotopic (exact) mass is 636 g/mol. The minimum absolute atomic E-state index is 0. The summed E-state index contributed by atoms with van der Waals surface area (Å²) in [6.45, 7) is -3.11. The van der Waals surface area contributed by atoms with Crippen LogP contribution in [0, 0.1) is 0 Å². The van der Waals surface area contributed by atoms with Gasteiger partial charge in [0.1, 0.15) is 24.1 Å². The van der Waals surface area contributed by atoms with Gasteiger partial charge in [0.05, 0.1) is 38.5 Å². The van der Waals surface area contributed by atoms with Gasteiger partial charge in [-0.25, -0.2) is 0 Å². The first-order chi connectivity index (χ1) is 17.7. The molecule has 220 valence electrons. The van der Waals surface area contributed by atoms with Gasteiger partial charge in [0.2, 0.25) is 0 Å². The summed E-state index contributed by atoms with van der Waals surface area (Å²) < 4.78 is 24.0. The van der Waals surface area contributed by atoms with Crippen LogP contribution < -0.4 is 0 Å². The summed E-state index contributed by atoms with van der Waals surface area (Å²) in [7, 11) is -9.59. The molecule has 0 amide bonds. The predicted octanol–water partition coefficient (Wildman–Crippen LogP) is -0.624. The molecule has 2 aromatic carbocycles. The first-order valence-corrected chi connectivity index (χ1v) is 14.9. The first kappa shape index (κ1) is 35.6. The van der Waals surface area contributed by atoms with Crippen LogP contribution in [0.25, 0.3) is 0 Å². The second kappa shape index (κ2) is 15.6. The molecule has 0 aliphatic rings. The Labute approximate surface area is 235 Å². The van der Waals surface area contributed by atoms with Crippen LogP contribution in [0.1, 0.15) is 22.3 Å². The number of hydrogen-bond donors (Lipinski definition) is 10. The molecular formula is C22H34FeN2O12P2+2. The molecule has 2 atom stereocenters. The molecule has 17 heteroatoms. The molecule has 0 heterocycles. The van der Waals surface area contributed by atoms with Crippen molar-refractivity contribution >= 4 is 15.2 Å². The Morgan fingerprint density at radius 2 is 1.08 bits per heavy atom. The van der Waals surface area contributed by atoms with E-state index in [2.05, 4.69) is 0 Å². The molecule has 0 radical (unpaired) electrons. The fraction of sp³-hybridized carbons (Fsp3) is 0.455. The fourth-order valence-corrected chi connectivity index (χ4v) is 5.69. The second-order valence-electron chi connectivity index (χ2n) is 8.85. The van der Waals surface area contributed by atoms with Crippen molar-refractivity contribution in [2.24, 2.45) is 0 Å². The molecule has 0 bridgehead atoms. The van der Waals surface area contributed by atoms with Crippen molar-refractivity contribution in [2.45, 2.75) is 38.4 Å². The van der Waals surface area contributed by atoms with E-state index < -0.39 is 53.1 Å². The maximum atomic E-state index is 12.0. The average Bonchev–Trinajstić information content (AvgIpc) is 2.82. The summed E-state index contributed by atoms with van der Waals surface area (Å²) in [6.07, 6.45) is -1.89. The van der Waals surface area contributed by atoms with E-state index in [-0.39, 0.29) is 66.0 Å². The van der Waals surface area contributed by atoms with Crippen molar-refractivity contribution in [3.63, 3.8) is 0 Å². The fourth-order valence-electron chi connectivity index (χ4n) is 4.12. The van der Waals surface area contributed by atoms with Crippen LogP contribution in [0.5, 0.6) is 11.5 Å². The van der Waals surface area contributed by atoms with Crippen molar-refractivity contribution in [1.29, 1.82) is 0 Å². The van der Waals surface area contributed by atoms with E-state index in [1.807, 2.05) is 0 Å². The van der Waals surface area contributed by atoms with Crippen molar-refractivity contribution in [3.8, 4) is 11.5 Å². The van der Waals surface area contributed by atoms with Crippen LogP contribution in [-0.2, 0) is 52.5 Å². The molecule has 2 aromatic rings. The topological polar surface area (TPSA) is 243 Å². The zero-order chi connectivity index (χ0) is 28.7. The Kier molecular flexibility index (Phi) is 14.2. The molecule has 10 N–H and O–H groups in total. The van der Waals surface area contributed by atoms with Crippen molar-refractivity contribution in [1.82, 2.24) is 9.80 Å². The SMILES string of the molecule is O=P(O)(O)CN(Cc1cc(CO)ccc1O)C(CO)[C@@H](CO)N(Cc1ccc(CO)cc1O)CP(=O)(O)O.[Fe+2]. The Balaban J connectivity index is 0.00000760. The van der Waals surface area contributed by atoms with Crippen LogP contribution in [-0.4, -0.2) is 97.9 Å². The molecule has 1 unspecified atom stereocenters. The minimum Gasteiger partial charge on any atom is -0.508 e. The van der Waals surface area contributed by atoms with Gasteiger partial charge in [0, 0.05) is 24.2 Å². The molecule has 0 aromatic heterocycles. The third-order valence-corrected chi connectivity index (χ3v) is 7.36. The van der Waals surface area contributed by atoms with Crippen LogP contribution in [0.3, 0.4) is 0 Å². The van der Waals surface area contributed by atoms with Gasteiger partial charge in [-0.15, -0.1) is 0 Å². The van der Waals surface area contributed by atoms with Gasteiger partial charge < -0.3 is 50.2 Å². The molecule has 0 aliphatic carbocycles. The van der Waals surface area contributed by atoms with Crippen LogP contribution in [0.4, 0.5) is 0 Å². The molecule has 39 heavy (non-hydrogen) atoms. The van der Waals surface area contributed by atoms with Gasteiger partial charge in [-0.1, -0.05) is 18.2 Å². The molecule has 0 fully saturated rings. The van der Waals surface area contributed by atoms with E-state index in [9.17, 15) is 59.3 Å². The van der Waals surface area contributed by atoms with Crippen molar-refractivity contribution in [3.05, 3.63) is 58.7 Å². The van der Waals surface area contributed by atoms with Gasteiger partial charge in [0.15, 0.2) is 0 Å². The standard InChI is InChI=1S/C22H34N2O12P2.Fe/c25-9-15-2-4-21(29)18(5-15)8-24(14-38(34,35)36)20(12-28)19(11-27)23(13-37(31,32)33)7-17-3-1-16(10-26)6-22(17)30;/h1-6,19-20,25-30H,7-14H2,(H2,31,32,33)(H2,34,35,36);/q;+2/t19-,20?;/m1./s1. The summed E-state index contributed by atoms with van der Waals surface area (Å²) in [4.78, 5) is 41.0. The van der Waals surface area contributed by atoms with E-state index in [4.69, 9.17) is 0 Å². The van der Waals surface area contributed by atoms with E-state index in [1.165, 1.54) is 36.4 Å². The van der Waals surface area contributed by atoms with E-state index in [1.54, 1.807) is 0 Å².